The second-order valence-electron chi connectivity index (χ2n) is 4.81. The lowest BCUT2D eigenvalue weighted by Gasteiger charge is -2.13. The molecule has 6 heteroatoms. The van der Waals surface area contributed by atoms with Gasteiger partial charge in [0.25, 0.3) is 5.91 Å². The molecule has 0 aromatic heterocycles. The zero-order valence-electron chi connectivity index (χ0n) is 12.9. The predicted molar refractivity (Wildman–Crippen MR) is 87.5 cm³/mol. The number of anilines is 1. The van der Waals surface area contributed by atoms with Crippen molar-refractivity contribution in [3.05, 3.63) is 66.7 Å². The minimum Gasteiger partial charge on any atom is -0.483 e. The lowest BCUT2D eigenvalue weighted by molar-refractivity contribution is -0.118. The summed E-state index contributed by atoms with van der Waals surface area (Å²) < 4.78 is 34.6. The number of nitrogens with one attached hydrogen (secondary N) is 1. The van der Waals surface area contributed by atoms with Gasteiger partial charge in [-0.25, -0.2) is 0 Å². The Bertz CT molecular complexity index is 704. The fraction of sp³-hybridized carbons (Fsp3) is 0.167. The van der Waals surface area contributed by atoms with Gasteiger partial charge in [-0.15, -0.1) is 6.58 Å². The first kappa shape index (κ1) is 17.5. The smallest absolute Gasteiger partial charge is 0.387 e. The first-order valence-corrected chi connectivity index (χ1v) is 7.25. The summed E-state index contributed by atoms with van der Waals surface area (Å²) in [5.74, 6) is -0.00806. The van der Waals surface area contributed by atoms with Crippen molar-refractivity contribution < 1.29 is 23.0 Å². The van der Waals surface area contributed by atoms with Gasteiger partial charge >= 0.3 is 6.61 Å². The molecule has 0 spiro atoms. The molecule has 0 aliphatic heterocycles. The molecule has 126 valence electrons. The van der Waals surface area contributed by atoms with Crippen LogP contribution in [0.5, 0.6) is 11.5 Å². The quantitative estimate of drug-likeness (QED) is 0.742. The van der Waals surface area contributed by atoms with Gasteiger partial charge in [0.2, 0.25) is 0 Å². The average molecular weight is 333 g/mol. The van der Waals surface area contributed by atoms with Crippen LogP contribution in [0.3, 0.4) is 0 Å². The van der Waals surface area contributed by atoms with E-state index in [0.29, 0.717) is 12.2 Å². The number of para-hydroxylation sites is 3. The zero-order valence-corrected chi connectivity index (χ0v) is 12.9. The number of allylic oxidation sites excluding steroid dienone is 1. The van der Waals surface area contributed by atoms with E-state index < -0.39 is 12.5 Å². The fourth-order valence-corrected chi connectivity index (χ4v) is 2.07. The van der Waals surface area contributed by atoms with Crippen LogP contribution in [0.15, 0.2) is 61.2 Å². The van der Waals surface area contributed by atoms with Crippen LogP contribution in [0, 0.1) is 0 Å². The van der Waals surface area contributed by atoms with Crippen molar-refractivity contribution in [2.75, 3.05) is 11.9 Å². The Kier molecular flexibility index (Phi) is 6.31. The molecule has 24 heavy (non-hydrogen) atoms. The molecule has 0 fully saturated rings. The molecular weight excluding hydrogens is 316 g/mol. The lowest BCUT2D eigenvalue weighted by Crippen LogP contribution is -2.21. The Morgan fingerprint density at radius 3 is 2.50 bits per heavy atom. The number of amides is 1. The van der Waals surface area contributed by atoms with Gasteiger partial charge in [-0.1, -0.05) is 36.4 Å². The molecule has 0 bridgehead atoms. The van der Waals surface area contributed by atoms with Crippen LogP contribution in [0.4, 0.5) is 14.5 Å². The number of rotatable bonds is 8. The van der Waals surface area contributed by atoms with Crippen molar-refractivity contribution in [3.8, 4) is 11.5 Å². The van der Waals surface area contributed by atoms with Crippen molar-refractivity contribution in [1.82, 2.24) is 0 Å². The van der Waals surface area contributed by atoms with Crippen LogP contribution in [0.25, 0.3) is 0 Å². The average Bonchev–Trinajstić information content (AvgIpc) is 2.56. The highest BCUT2D eigenvalue weighted by molar-refractivity contribution is 5.93. The number of halogens is 2. The van der Waals surface area contributed by atoms with Gasteiger partial charge in [0.05, 0.1) is 5.69 Å². The van der Waals surface area contributed by atoms with E-state index in [1.165, 1.54) is 18.2 Å². The molecule has 0 aliphatic rings. The maximum Gasteiger partial charge on any atom is 0.387 e. The van der Waals surface area contributed by atoms with Gasteiger partial charge in [-0.2, -0.15) is 8.78 Å². The second kappa shape index (κ2) is 8.67. The Morgan fingerprint density at radius 1 is 1.12 bits per heavy atom. The number of hydrogen-bond acceptors (Lipinski definition) is 3. The number of benzene rings is 2. The topological polar surface area (TPSA) is 47.6 Å². The van der Waals surface area contributed by atoms with E-state index in [4.69, 9.17) is 4.74 Å². The molecule has 2 aromatic rings. The van der Waals surface area contributed by atoms with Crippen LogP contribution >= 0.6 is 0 Å². The summed E-state index contributed by atoms with van der Waals surface area (Å²) in [5, 5.41) is 2.50. The number of alkyl halides is 2. The van der Waals surface area contributed by atoms with Crippen molar-refractivity contribution in [3.63, 3.8) is 0 Å². The SMILES string of the molecule is C=CCc1ccccc1OCC(=O)Nc1ccccc1OC(F)F. The largest absolute Gasteiger partial charge is 0.483 e. The van der Waals surface area contributed by atoms with Crippen LogP contribution in [0.2, 0.25) is 0 Å². The minimum absolute atomic E-state index is 0.104. The van der Waals surface area contributed by atoms with Gasteiger partial charge in [0, 0.05) is 0 Å². The highest BCUT2D eigenvalue weighted by Crippen LogP contribution is 2.25. The monoisotopic (exact) mass is 333 g/mol. The van der Waals surface area contributed by atoms with Crippen LogP contribution in [-0.4, -0.2) is 19.1 Å². The first-order valence-electron chi connectivity index (χ1n) is 7.25. The van der Waals surface area contributed by atoms with E-state index in [-0.39, 0.29) is 18.0 Å². The molecule has 2 rings (SSSR count). The van der Waals surface area contributed by atoms with Crippen molar-refractivity contribution in [2.24, 2.45) is 0 Å². The maximum atomic E-state index is 12.4. The Hall–Kier alpha value is -2.89. The number of carbonyl (C=O) groups excluding carboxylic acids is 1. The minimum atomic E-state index is -2.97. The summed E-state index contributed by atoms with van der Waals surface area (Å²) in [6, 6.07) is 13.3. The highest BCUT2D eigenvalue weighted by atomic mass is 19.3. The fourth-order valence-electron chi connectivity index (χ4n) is 2.07. The van der Waals surface area contributed by atoms with Gasteiger partial charge in [-0.05, 0) is 30.2 Å². The van der Waals surface area contributed by atoms with E-state index in [2.05, 4.69) is 16.6 Å². The highest BCUT2D eigenvalue weighted by Gasteiger charge is 2.12. The number of ether oxygens (including phenoxy) is 2. The molecule has 0 saturated heterocycles. The van der Waals surface area contributed by atoms with Crippen LogP contribution < -0.4 is 14.8 Å². The normalized spacial score (nSPS) is 10.3. The molecule has 4 nitrogen and oxygen atoms in total. The van der Waals surface area contributed by atoms with E-state index in [0.717, 1.165) is 5.56 Å². The van der Waals surface area contributed by atoms with Crippen LogP contribution in [0.1, 0.15) is 5.56 Å². The van der Waals surface area contributed by atoms with E-state index >= 15 is 0 Å². The molecule has 0 saturated carbocycles. The first-order chi connectivity index (χ1) is 11.6. The molecule has 0 radical (unpaired) electrons. The molecule has 0 atom stereocenters. The third-order valence-electron chi connectivity index (χ3n) is 3.07. The van der Waals surface area contributed by atoms with Gasteiger partial charge in [0.1, 0.15) is 11.5 Å². The Balaban J connectivity index is 1.98. The summed E-state index contributed by atoms with van der Waals surface area (Å²) in [4.78, 5) is 12.0. The summed E-state index contributed by atoms with van der Waals surface area (Å²) >= 11 is 0. The predicted octanol–water partition coefficient (Wildman–Crippen LogP) is 4.03. The Labute approximate surface area is 138 Å². The number of hydrogen-bond donors (Lipinski definition) is 1. The van der Waals surface area contributed by atoms with Gasteiger partial charge < -0.3 is 14.8 Å². The summed E-state index contributed by atoms with van der Waals surface area (Å²) in [6.45, 7) is 0.451. The summed E-state index contributed by atoms with van der Waals surface area (Å²) in [6.07, 6.45) is 2.35. The molecular formula is C18H17F2NO3. The molecule has 1 N–H and O–H groups in total. The molecule has 0 aliphatic carbocycles. The van der Waals surface area contributed by atoms with Crippen molar-refractivity contribution in [1.29, 1.82) is 0 Å². The lowest BCUT2D eigenvalue weighted by atomic mass is 10.1. The van der Waals surface area contributed by atoms with Gasteiger partial charge in [0.15, 0.2) is 6.61 Å². The zero-order chi connectivity index (χ0) is 17.4. The van der Waals surface area contributed by atoms with Crippen molar-refractivity contribution in [2.45, 2.75) is 13.0 Å². The molecule has 2 aromatic carbocycles. The maximum absolute atomic E-state index is 12.4. The summed E-state index contributed by atoms with van der Waals surface area (Å²) in [5.41, 5.74) is 1.06. The molecule has 0 heterocycles. The number of carbonyl (C=O) groups is 1. The third kappa shape index (κ3) is 5.08. The standard InChI is InChI=1S/C18H17F2NO3/c1-2-7-13-8-3-5-10-15(13)23-12-17(22)21-14-9-4-6-11-16(14)24-18(19)20/h2-6,8-11,18H,1,7,12H2,(H,21,22). The summed E-state index contributed by atoms with van der Waals surface area (Å²) in [7, 11) is 0. The van der Waals surface area contributed by atoms with E-state index in [1.54, 1.807) is 24.3 Å². The molecule has 1 amide bonds. The van der Waals surface area contributed by atoms with Crippen molar-refractivity contribution >= 4 is 11.6 Å². The molecule has 0 unspecified atom stereocenters. The van der Waals surface area contributed by atoms with E-state index in [1.807, 2.05) is 12.1 Å². The third-order valence-corrected chi connectivity index (χ3v) is 3.07. The van der Waals surface area contributed by atoms with Gasteiger partial charge in [-0.3, -0.25) is 4.79 Å². The van der Waals surface area contributed by atoms with Crippen LogP contribution in [-0.2, 0) is 11.2 Å². The Morgan fingerprint density at radius 2 is 1.79 bits per heavy atom. The second-order valence-corrected chi connectivity index (χ2v) is 4.81. The van der Waals surface area contributed by atoms with E-state index in [9.17, 15) is 13.6 Å².